The van der Waals surface area contributed by atoms with Gasteiger partial charge < -0.3 is 4.13 Å². The van der Waals surface area contributed by atoms with Crippen LogP contribution in [-0.2, 0) is 24.8 Å². The summed E-state index contributed by atoms with van der Waals surface area (Å²) >= 11 is 0. The Morgan fingerprint density at radius 3 is 2.32 bits per heavy atom. The van der Waals surface area contributed by atoms with E-state index in [2.05, 4.69) is 4.13 Å². The highest BCUT2D eigenvalue weighted by Crippen LogP contribution is 2.59. The maximum atomic E-state index is 12.2. The third-order valence-electron chi connectivity index (χ3n) is 4.81. The summed E-state index contributed by atoms with van der Waals surface area (Å²) in [4.78, 5) is 12.2. The Labute approximate surface area is 113 Å². The lowest BCUT2D eigenvalue weighted by Gasteiger charge is -2.33. The molecule has 5 atom stereocenters. The molecule has 0 aromatic rings. The van der Waals surface area contributed by atoms with Gasteiger partial charge in [0.1, 0.15) is 5.25 Å². The van der Waals surface area contributed by atoms with E-state index in [1.54, 1.807) is 0 Å². The molecule has 3 fully saturated rings. The summed E-state index contributed by atoms with van der Waals surface area (Å²) in [6.45, 7) is 0. The SMILES string of the molecule is CS(=O)(=O)[N-]S(=O)(=O)C1C(=O)C2CC1C1CCCC21. The summed E-state index contributed by atoms with van der Waals surface area (Å²) in [5, 5.41) is -1.22. The zero-order valence-electron chi connectivity index (χ0n) is 10.5. The van der Waals surface area contributed by atoms with E-state index >= 15 is 0 Å². The molecule has 0 aromatic heterocycles. The molecule has 0 radical (unpaired) electrons. The summed E-state index contributed by atoms with van der Waals surface area (Å²) in [5.74, 6) is -0.132. The van der Waals surface area contributed by atoms with Gasteiger partial charge in [-0.15, -0.1) is 0 Å². The van der Waals surface area contributed by atoms with Crippen LogP contribution in [0.3, 0.4) is 0 Å². The standard InChI is InChI=1S/C11H16NO5S2/c1-18(14,15)12-19(16,17)11-9-5-8(10(11)13)6-3-2-4-7(6)9/h6-9,11H,2-5H2,1H3/q-1. The molecule has 0 spiro atoms. The molecule has 3 rings (SSSR count). The average molecular weight is 306 g/mol. The summed E-state index contributed by atoms with van der Waals surface area (Å²) in [6, 6.07) is 0. The van der Waals surface area contributed by atoms with Crippen LogP contribution in [0.1, 0.15) is 25.7 Å². The van der Waals surface area contributed by atoms with Crippen LogP contribution < -0.4 is 0 Å². The Morgan fingerprint density at radius 1 is 1.05 bits per heavy atom. The molecule has 0 saturated heterocycles. The number of carbonyl (C=O) groups excluding carboxylic acids is 1. The van der Waals surface area contributed by atoms with Crippen molar-refractivity contribution in [1.82, 2.24) is 0 Å². The van der Waals surface area contributed by atoms with Gasteiger partial charge in [-0.25, -0.2) is 16.8 Å². The molecule has 3 aliphatic carbocycles. The smallest absolute Gasteiger partial charge is 0.152 e. The summed E-state index contributed by atoms with van der Waals surface area (Å²) < 4.78 is 49.2. The quantitative estimate of drug-likeness (QED) is 0.762. The van der Waals surface area contributed by atoms with Crippen LogP contribution in [0.25, 0.3) is 4.13 Å². The lowest BCUT2D eigenvalue weighted by molar-refractivity contribution is -0.123. The minimum absolute atomic E-state index is 0.188. The second kappa shape index (κ2) is 4.02. The Bertz CT molecular complexity index is 623. The van der Waals surface area contributed by atoms with Crippen molar-refractivity contribution in [2.24, 2.45) is 23.7 Å². The molecule has 3 aliphatic rings. The van der Waals surface area contributed by atoms with Crippen molar-refractivity contribution in [2.75, 3.05) is 6.26 Å². The molecule has 8 heteroatoms. The van der Waals surface area contributed by atoms with Gasteiger partial charge in [0, 0.05) is 12.2 Å². The van der Waals surface area contributed by atoms with Crippen LogP contribution in [0.4, 0.5) is 0 Å². The first kappa shape index (κ1) is 13.5. The molecule has 5 unspecified atom stereocenters. The number of hydrogen-bond acceptors (Lipinski definition) is 5. The number of fused-ring (bicyclic) bond motifs is 5. The van der Waals surface area contributed by atoms with Gasteiger partial charge in [-0.3, -0.25) is 4.79 Å². The van der Waals surface area contributed by atoms with Crippen molar-refractivity contribution in [3.05, 3.63) is 4.13 Å². The van der Waals surface area contributed by atoms with Crippen LogP contribution in [0.2, 0.25) is 0 Å². The van der Waals surface area contributed by atoms with Crippen LogP contribution in [0, 0.1) is 23.7 Å². The molecule has 19 heavy (non-hydrogen) atoms. The molecule has 0 N–H and O–H groups in total. The second-order valence-corrected chi connectivity index (χ2v) is 9.51. The van der Waals surface area contributed by atoms with Crippen LogP contribution >= 0.6 is 0 Å². The lowest BCUT2D eigenvalue weighted by Crippen LogP contribution is -2.41. The van der Waals surface area contributed by atoms with E-state index in [0.717, 1.165) is 25.5 Å². The van der Waals surface area contributed by atoms with Crippen molar-refractivity contribution in [2.45, 2.75) is 30.9 Å². The average Bonchev–Trinajstić information content (AvgIpc) is 2.80. The maximum absolute atomic E-state index is 12.2. The number of sulfonamides is 2. The molecule has 6 nitrogen and oxygen atoms in total. The number of ketones is 1. The molecule has 0 amide bonds. The molecule has 108 valence electrons. The molecule has 0 aliphatic heterocycles. The van der Waals surface area contributed by atoms with E-state index in [0.29, 0.717) is 12.3 Å². The number of rotatable bonds is 3. The van der Waals surface area contributed by atoms with E-state index in [-0.39, 0.29) is 23.5 Å². The van der Waals surface area contributed by atoms with Gasteiger partial charge in [0.25, 0.3) is 0 Å². The summed E-state index contributed by atoms with van der Waals surface area (Å²) in [6.07, 6.45) is 4.31. The number of carbonyl (C=O) groups is 1. The van der Waals surface area contributed by atoms with Gasteiger partial charge in [-0.1, -0.05) is 6.42 Å². The fourth-order valence-corrected chi connectivity index (χ4v) is 7.50. The Hall–Kier alpha value is -0.470. The van der Waals surface area contributed by atoms with Gasteiger partial charge >= 0.3 is 0 Å². The zero-order valence-corrected chi connectivity index (χ0v) is 12.2. The molecular formula is C11H16NO5S2-. The first-order valence-corrected chi connectivity index (χ1v) is 9.78. The van der Waals surface area contributed by atoms with Gasteiger partial charge in [-0.05, 0) is 37.0 Å². The van der Waals surface area contributed by atoms with Gasteiger partial charge in [-0.2, -0.15) is 0 Å². The number of Topliss-reactive ketones (excluding diaryl/α,β-unsaturated/α-hetero) is 1. The first-order valence-electron chi connectivity index (χ1n) is 6.42. The molecule has 0 heterocycles. The highest BCUT2D eigenvalue weighted by atomic mass is 32.3. The van der Waals surface area contributed by atoms with Crippen molar-refractivity contribution < 1.29 is 21.6 Å². The largest absolute Gasteiger partial charge is 0.436 e. The lowest BCUT2D eigenvalue weighted by atomic mass is 9.81. The highest BCUT2D eigenvalue weighted by Gasteiger charge is 2.60. The van der Waals surface area contributed by atoms with Crippen molar-refractivity contribution in [1.29, 1.82) is 0 Å². The highest BCUT2D eigenvalue weighted by molar-refractivity contribution is 8.12. The maximum Gasteiger partial charge on any atom is 0.152 e. The number of nitrogens with zero attached hydrogens (tertiary/aromatic N) is 1. The fourth-order valence-electron chi connectivity index (χ4n) is 4.39. The Kier molecular flexibility index (Phi) is 2.86. The minimum atomic E-state index is -4.25. The predicted octanol–water partition coefficient (Wildman–Crippen LogP) is 0.653. The molecular weight excluding hydrogens is 290 g/mol. The normalized spacial score (nSPS) is 41.7. The molecule has 0 aromatic carbocycles. The topological polar surface area (TPSA) is 99.4 Å². The number of hydrogen-bond donors (Lipinski definition) is 0. The minimum Gasteiger partial charge on any atom is -0.436 e. The van der Waals surface area contributed by atoms with E-state index in [4.69, 9.17) is 0 Å². The van der Waals surface area contributed by atoms with Crippen molar-refractivity contribution in [3.8, 4) is 0 Å². The zero-order chi connectivity index (χ0) is 14.0. The fraction of sp³-hybridized carbons (Fsp3) is 0.909. The third kappa shape index (κ3) is 2.04. The van der Waals surface area contributed by atoms with Gasteiger partial charge in [0.05, 0.1) is 20.0 Å². The van der Waals surface area contributed by atoms with Crippen LogP contribution in [0.5, 0.6) is 0 Å². The molecule has 3 saturated carbocycles. The van der Waals surface area contributed by atoms with Crippen LogP contribution in [0.15, 0.2) is 0 Å². The second-order valence-electron chi connectivity index (χ2n) is 5.91. The molecule has 2 bridgehead atoms. The van der Waals surface area contributed by atoms with E-state index in [1.165, 1.54) is 0 Å². The third-order valence-corrected chi connectivity index (χ3v) is 7.95. The van der Waals surface area contributed by atoms with Crippen molar-refractivity contribution in [3.63, 3.8) is 0 Å². The van der Waals surface area contributed by atoms with E-state index < -0.39 is 25.3 Å². The Morgan fingerprint density at radius 2 is 1.68 bits per heavy atom. The first-order chi connectivity index (χ1) is 8.71. The van der Waals surface area contributed by atoms with Gasteiger partial charge in [0.15, 0.2) is 5.78 Å². The Balaban J connectivity index is 1.93. The van der Waals surface area contributed by atoms with Crippen LogP contribution in [-0.4, -0.2) is 34.1 Å². The predicted molar refractivity (Wildman–Crippen MR) is 68.3 cm³/mol. The van der Waals surface area contributed by atoms with Gasteiger partial charge in [0.2, 0.25) is 0 Å². The summed E-state index contributed by atoms with van der Waals surface area (Å²) in [5.41, 5.74) is 0. The van der Waals surface area contributed by atoms with E-state index in [9.17, 15) is 21.6 Å². The summed E-state index contributed by atoms with van der Waals surface area (Å²) in [7, 11) is -8.25. The van der Waals surface area contributed by atoms with Crippen molar-refractivity contribution >= 4 is 25.8 Å². The monoisotopic (exact) mass is 306 g/mol. The van der Waals surface area contributed by atoms with E-state index in [1.807, 2.05) is 0 Å².